The summed E-state index contributed by atoms with van der Waals surface area (Å²) in [5, 5.41) is 17.5. The van der Waals surface area contributed by atoms with Gasteiger partial charge in [0.05, 0.1) is 4.92 Å². The first kappa shape index (κ1) is 8.32. The van der Waals surface area contributed by atoms with Crippen molar-refractivity contribution in [2.24, 2.45) is 0 Å². The molecule has 5 nitrogen and oxygen atoms in total. The number of nitro groups is 1. The van der Waals surface area contributed by atoms with E-state index in [-0.39, 0.29) is 11.4 Å². The maximum Gasteiger partial charge on any atom is 0.288 e. The molecule has 0 radical (unpaired) electrons. The minimum absolute atomic E-state index is 0.0842. The molecule has 0 amide bonds. The highest BCUT2D eigenvalue weighted by Crippen LogP contribution is 2.10. The number of pyridine rings is 1. The summed E-state index contributed by atoms with van der Waals surface area (Å²) >= 11 is 0. The molecule has 0 aliphatic carbocycles. The van der Waals surface area contributed by atoms with Crippen molar-refractivity contribution in [3.05, 3.63) is 34.1 Å². The summed E-state index contributed by atoms with van der Waals surface area (Å²) in [6, 6.07) is 1.33. The van der Waals surface area contributed by atoms with Gasteiger partial charge in [0.25, 0.3) is 5.69 Å². The molecule has 1 rings (SSSR count). The van der Waals surface area contributed by atoms with Gasteiger partial charge >= 0.3 is 0 Å². The van der Waals surface area contributed by atoms with E-state index in [1.165, 1.54) is 12.3 Å². The van der Waals surface area contributed by atoms with Gasteiger partial charge in [0.1, 0.15) is 6.20 Å². The lowest BCUT2D eigenvalue weighted by Crippen LogP contribution is -1.96. The SMILES string of the molecule is CC(=N)c1cncc([N+](=O)[O-])c1. The van der Waals surface area contributed by atoms with Gasteiger partial charge in [-0.3, -0.25) is 15.1 Å². The summed E-state index contributed by atoms with van der Waals surface area (Å²) < 4.78 is 0. The van der Waals surface area contributed by atoms with E-state index in [2.05, 4.69) is 4.98 Å². The van der Waals surface area contributed by atoms with Crippen LogP contribution in [0.2, 0.25) is 0 Å². The van der Waals surface area contributed by atoms with Crippen molar-refractivity contribution in [2.75, 3.05) is 0 Å². The summed E-state index contributed by atoms with van der Waals surface area (Å²) in [6.07, 6.45) is 2.59. The molecule has 0 atom stereocenters. The Kier molecular flexibility index (Phi) is 2.14. The van der Waals surface area contributed by atoms with E-state index in [1.54, 1.807) is 6.92 Å². The second kappa shape index (κ2) is 3.08. The predicted octanol–water partition coefficient (Wildman–Crippen LogP) is 1.38. The zero-order valence-corrected chi connectivity index (χ0v) is 6.44. The highest BCUT2D eigenvalue weighted by atomic mass is 16.6. The molecule has 0 bridgehead atoms. The molecule has 1 aromatic rings. The quantitative estimate of drug-likeness (QED) is 0.408. The molecule has 5 heteroatoms. The van der Waals surface area contributed by atoms with Gasteiger partial charge in [-0.2, -0.15) is 0 Å². The van der Waals surface area contributed by atoms with Gasteiger partial charge in [-0.05, 0) is 6.92 Å². The third-order valence-corrected chi connectivity index (χ3v) is 1.37. The molecule has 62 valence electrons. The summed E-state index contributed by atoms with van der Waals surface area (Å²) in [6.45, 7) is 1.56. The van der Waals surface area contributed by atoms with Crippen LogP contribution < -0.4 is 0 Å². The van der Waals surface area contributed by atoms with Crippen molar-refractivity contribution in [3.8, 4) is 0 Å². The topological polar surface area (TPSA) is 79.9 Å². The molecule has 0 aliphatic heterocycles. The minimum atomic E-state index is -0.528. The van der Waals surface area contributed by atoms with E-state index in [0.717, 1.165) is 6.20 Å². The average Bonchev–Trinajstić information content (AvgIpc) is 2.04. The fourth-order valence-electron chi connectivity index (χ4n) is 0.733. The molecule has 0 fully saturated rings. The monoisotopic (exact) mass is 165 g/mol. The highest BCUT2D eigenvalue weighted by molar-refractivity contribution is 5.96. The summed E-state index contributed by atoms with van der Waals surface area (Å²) in [5.74, 6) is 0. The Morgan fingerprint density at radius 3 is 2.83 bits per heavy atom. The molecule has 0 saturated heterocycles. The molecule has 0 aliphatic rings. The Labute approximate surface area is 68.7 Å². The molecular weight excluding hydrogens is 158 g/mol. The number of aromatic nitrogens is 1. The smallest absolute Gasteiger partial charge is 0.288 e. The van der Waals surface area contributed by atoms with Crippen LogP contribution in [-0.4, -0.2) is 15.6 Å². The standard InChI is InChI=1S/C7H7N3O2/c1-5(8)6-2-7(10(11)12)4-9-3-6/h2-4,8H,1H3. The first-order chi connectivity index (χ1) is 5.61. The van der Waals surface area contributed by atoms with Crippen LogP contribution in [0.4, 0.5) is 5.69 Å². The number of nitrogens with zero attached hydrogens (tertiary/aromatic N) is 2. The van der Waals surface area contributed by atoms with Gasteiger partial charge in [-0.25, -0.2) is 0 Å². The Morgan fingerprint density at radius 2 is 2.33 bits per heavy atom. The van der Waals surface area contributed by atoms with E-state index in [1.807, 2.05) is 0 Å². The fourth-order valence-corrected chi connectivity index (χ4v) is 0.733. The van der Waals surface area contributed by atoms with Gasteiger partial charge in [0, 0.05) is 23.5 Å². The van der Waals surface area contributed by atoms with Crippen LogP contribution in [0.5, 0.6) is 0 Å². The predicted molar refractivity (Wildman–Crippen MR) is 43.4 cm³/mol. The van der Waals surface area contributed by atoms with Crippen molar-refractivity contribution in [2.45, 2.75) is 6.92 Å². The lowest BCUT2D eigenvalue weighted by atomic mass is 10.2. The molecule has 1 N–H and O–H groups in total. The molecule has 1 aromatic heterocycles. The van der Waals surface area contributed by atoms with E-state index < -0.39 is 4.92 Å². The van der Waals surface area contributed by atoms with E-state index in [9.17, 15) is 10.1 Å². The first-order valence-electron chi connectivity index (χ1n) is 3.26. The van der Waals surface area contributed by atoms with Crippen molar-refractivity contribution in [3.63, 3.8) is 0 Å². The molecule has 0 saturated carbocycles. The van der Waals surface area contributed by atoms with Gasteiger partial charge in [0.2, 0.25) is 0 Å². The van der Waals surface area contributed by atoms with Gasteiger partial charge in [0.15, 0.2) is 0 Å². The molecule has 0 spiro atoms. The Hall–Kier alpha value is -1.78. The van der Waals surface area contributed by atoms with Crippen molar-refractivity contribution < 1.29 is 4.92 Å². The van der Waals surface area contributed by atoms with Crippen molar-refractivity contribution >= 4 is 11.4 Å². The molecule has 12 heavy (non-hydrogen) atoms. The molecule has 0 aromatic carbocycles. The van der Waals surface area contributed by atoms with Crippen LogP contribution in [0, 0.1) is 15.5 Å². The van der Waals surface area contributed by atoms with Crippen LogP contribution in [0.15, 0.2) is 18.5 Å². The Morgan fingerprint density at radius 1 is 1.67 bits per heavy atom. The zero-order valence-electron chi connectivity index (χ0n) is 6.44. The summed E-state index contributed by atoms with van der Waals surface area (Å²) in [4.78, 5) is 13.4. The van der Waals surface area contributed by atoms with E-state index in [0.29, 0.717) is 5.56 Å². The van der Waals surface area contributed by atoms with Crippen LogP contribution in [0.1, 0.15) is 12.5 Å². The maximum atomic E-state index is 10.3. The minimum Gasteiger partial charge on any atom is -0.305 e. The lowest BCUT2D eigenvalue weighted by Gasteiger charge is -1.95. The zero-order chi connectivity index (χ0) is 9.14. The van der Waals surface area contributed by atoms with Crippen LogP contribution >= 0.6 is 0 Å². The molecule has 0 unspecified atom stereocenters. The Balaban J connectivity index is 3.12. The number of nitrogens with one attached hydrogen (secondary N) is 1. The molecule has 1 heterocycles. The third-order valence-electron chi connectivity index (χ3n) is 1.37. The highest BCUT2D eigenvalue weighted by Gasteiger charge is 2.06. The number of hydrogen-bond donors (Lipinski definition) is 1. The maximum absolute atomic E-state index is 10.3. The third kappa shape index (κ3) is 1.63. The van der Waals surface area contributed by atoms with Crippen LogP contribution in [0.3, 0.4) is 0 Å². The van der Waals surface area contributed by atoms with Crippen molar-refractivity contribution in [1.29, 1.82) is 5.41 Å². The first-order valence-corrected chi connectivity index (χ1v) is 3.26. The van der Waals surface area contributed by atoms with Gasteiger partial charge < -0.3 is 5.41 Å². The second-order valence-electron chi connectivity index (χ2n) is 2.31. The summed E-state index contributed by atoms with van der Waals surface area (Å²) in [7, 11) is 0. The summed E-state index contributed by atoms with van der Waals surface area (Å²) in [5.41, 5.74) is 0.662. The normalized spacial score (nSPS) is 9.42. The van der Waals surface area contributed by atoms with E-state index in [4.69, 9.17) is 5.41 Å². The van der Waals surface area contributed by atoms with Gasteiger partial charge in [-0.15, -0.1) is 0 Å². The number of rotatable bonds is 2. The van der Waals surface area contributed by atoms with Crippen LogP contribution in [0.25, 0.3) is 0 Å². The second-order valence-corrected chi connectivity index (χ2v) is 2.31. The van der Waals surface area contributed by atoms with Crippen LogP contribution in [-0.2, 0) is 0 Å². The Bertz CT molecular complexity index is 306. The average molecular weight is 165 g/mol. The molecular formula is C7H7N3O2. The number of hydrogen-bond acceptors (Lipinski definition) is 4. The fraction of sp³-hybridized carbons (Fsp3) is 0.143. The van der Waals surface area contributed by atoms with Gasteiger partial charge in [-0.1, -0.05) is 0 Å². The van der Waals surface area contributed by atoms with Crippen molar-refractivity contribution in [1.82, 2.24) is 4.98 Å². The van der Waals surface area contributed by atoms with E-state index >= 15 is 0 Å². The lowest BCUT2D eigenvalue weighted by molar-refractivity contribution is -0.385. The largest absolute Gasteiger partial charge is 0.305 e.